The van der Waals surface area contributed by atoms with Gasteiger partial charge < -0.3 is 22.0 Å². The number of rotatable bonds is 9. The zero-order valence-corrected chi connectivity index (χ0v) is 18.5. The Labute approximate surface area is 187 Å². The number of oxime groups is 1. The highest BCUT2D eigenvalue weighted by molar-refractivity contribution is 7.92. The first-order valence-corrected chi connectivity index (χ1v) is 10.9. The fourth-order valence-electron chi connectivity index (χ4n) is 2.64. The monoisotopic (exact) mass is 490 g/mol. The Morgan fingerprint density at radius 2 is 1.87 bits per heavy atom. The minimum atomic E-state index is -4.17. The standard InChI is InChI=1S/C17H20Cl2N6O5S/c1-9-2-5-13(24-31(28,29)10-3-4-11(18)12(19)8-10)16(27)25(9)14(15(20)26)6-7-30-23-17(21)22/h2-5,8,14,24H,6-7H2,1H3,(H2,20,26)(H4,21,22,23). The number of aromatic nitrogens is 1. The average molecular weight is 491 g/mol. The summed E-state index contributed by atoms with van der Waals surface area (Å²) in [4.78, 5) is 29.6. The smallest absolute Gasteiger partial charge is 0.275 e. The van der Waals surface area contributed by atoms with Crippen molar-refractivity contribution in [2.45, 2.75) is 24.3 Å². The molecule has 0 saturated heterocycles. The molecule has 0 bridgehead atoms. The first kappa shape index (κ1) is 24.3. The van der Waals surface area contributed by atoms with E-state index >= 15 is 0 Å². The molecule has 0 aliphatic rings. The van der Waals surface area contributed by atoms with E-state index in [1.165, 1.54) is 24.3 Å². The Bertz CT molecular complexity index is 1180. The van der Waals surface area contributed by atoms with E-state index in [0.717, 1.165) is 10.6 Å². The lowest BCUT2D eigenvalue weighted by Gasteiger charge is -2.20. The number of halogens is 2. The first-order valence-electron chi connectivity index (χ1n) is 8.64. The summed E-state index contributed by atoms with van der Waals surface area (Å²) in [5.41, 5.74) is 15.0. The highest BCUT2D eigenvalue weighted by atomic mass is 35.5. The van der Waals surface area contributed by atoms with Crippen LogP contribution in [0.5, 0.6) is 0 Å². The Kier molecular flexibility index (Phi) is 7.76. The predicted octanol–water partition coefficient (Wildman–Crippen LogP) is 0.886. The Hall–Kier alpha value is -2.96. The van der Waals surface area contributed by atoms with Gasteiger partial charge in [-0.3, -0.25) is 18.9 Å². The molecule has 14 heteroatoms. The number of aryl methyl sites for hydroxylation is 1. The normalized spacial score (nSPS) is 12.1. The zero-order chi connectivity index (χ0) is 23.3. The third-order valence-electron chi connectivity index (χ3n) is 4.06. The molecule has 0 spiro atoms. The van der Waals surface area contributed by atoms with Gasteiger partial charge in [0.25, 0.3) is 15.6 Å². The summed E-state index contributed by atoms with van der Waals surface area (Å²) in [5, 5.41) is 3.53. The topological polar surface area (TPSA) is 185 Å². The lowest BCUT2D eigenvalue weighted by Crippen LogP contribution is -2.37. The molecular weight excluding hydrogens is 471 g/mol. The van der Waals surface area contributed by atoms with Crippen LogP contribution in [0, 0.1) is 6.92 Å². The van der Waals surface area contributed by atoms with Crippen LogP contribution in [0.3, 0.4) is 0 Å². The largest absolute Gasteiger partial charge is 0.393 e. The van der Waals surface area contributed by atoms with E-state index in [4.69, 9.17) is 45.2 Å². The Morgan fingerprint density at radius 1 is 1.19 bits per heavy atom. The number of sulfonamides is 1. The van der Waals surface area contributed by atoms with Crippen molar-refractivity contribution in [3.63, 3.8) is 0 Å². The molecular formula is C17H20Cl2N6O5S. The van der Waals surface area contributed by atoms with Gasteiger partial charge in [-0.25, -0.2) is 8.42 Å². The molecule has 168 valence electrons. The van der Waals surface area contributed by atoms with Crippen LogP contribution in [0.2, 0.25) is 10.0 Å². The number of primary amides is 1. The molecule has 7 N–H and O–H groups in total. The second kappa shape index (κ2) is 9.90. The maximum Gasteiger partial charge on any atom is 0.275 e. The van der Waals surface area contributed by atoms with Crippen LogP contribution in [-0.2, 0) is 19.7 Å². The zero-order valence-electron chi connectivity index (χ0n) is 16.2. The summed E-state index contributed by atoms with van der Waals surface area (Å²) in [6, 6.07) is 5.28. The summed E-state index contributed by atoms with van der Waals surface area (Å²) in [7, 11) is -4.17. The molecule has 0 saturated carbocycles. The van der Waals surface area contributed by atoms with Gasteiger partial charge >= 0.3 is 0 Å². The number of hydrogen-bond donors (Lipinski definition) is 4. The SMILES string of the molecule is Cc1ccc(NS(=O)(=O)c2ccc(Cl)c(Cl)c2)c(=O)n1C(CCON=C(N)N)C(N)=O. The summed E-state index contributed by atoms with van der Waals surface area (Å²) in [6.07, 6.45) is -0.0458. The highest BCUT2D eigenvalue weighted by Crippen LogP contribution is 2.26. The molecule has 1 atom stereocenters. The molecule has 1 heterocycles. The van der Waals surface area contributed by atoms with E-state index in [1.54, 1.807) is 6.92 Å². The number of amides is 1. The van der Waals surface area contributed by atoms with Gasteiger partial charge in [0.05, 0.1) is 14.9 Å². The van der Waals surface area contributed by atoms with Crippen LogP contribution in [-0.4, -0.2) is 31.5 Å². The molecule has 1 aromatic heterocycles. The van der Waals surface area contributed by atoms with Crippen LogP contribution in [0.4, 0.5) is 5.69 Å². The number of hydrogen-bond acceptors (Lipinski definition) is 6. The molecule has 31 heavy (non-hydrogen) atoms. The van der Waals surface area contributed by atoms with Crippen LogP contribution < -0.4 is 27.5 Å². The maximum absolute atomic E-state index is 13.0. The van der Waals surface area contributed by atoms with Gasteiger partial charge in [0, 0.05) is 12.1 Å². The van der Waals surface area contributed by atoms with Gasteiger partial charge in [-0.05, 0) is 42.4 Å². The van der Waals surface area contributed by atoms with Gasteiger partial charge in [0.15, 0.2) is 0 Å². The van der Waals surface area contributed by atoms with Gasteiger partial charge in [-0.1, -0.05) is 23.2 Å². The number of carbonyl (C=O) groups is 1. The number of pyridine rings is 1. The van der Waals surface area contributed by atoms with Crippen molar-refractivity contribution in [3.05, 3.63) is 56.4 Å². The summed E-state index contributed by atoms with van der Waals surface area (Å²) < 4.78 is 28.6. The van der Waals surface area contributed by atoms with Gasteiger partial charge in [0.2, 0.25) is 11.9 Å². The molecule has 1 amide bonds. The fraction of sp³-hybridized carbons (Fsp3) is 0.235. The second-order valence-electron chi connectivity index (χ2n) is 6.30. The van der Waals surface area contributed by atoms with Crippen molar-refractivity contribution in [2.24, 2.45) is 22.4 Å². The number of nitrogens with zero attached hydrogens (tertiary/aromatic N) is 2. The van der Waals surface area contributed by atoms with E-state index in [1.807, 2.05) is 0 Å². The van der Waals surface area contributed by atoms with Crippen molar-refractivity contribution in [2.75, 3.05) is 11.3 Å². The molecule has 0 aliphatic carbocycles. The van der Waals surface area contributed by atoms with E-state index in [0.29, 0.717) is 5.69 Å². The minimum Gasteiger partial charge on any atom is -0.393 e. The molecule has 0 fully saturated rings. The van der Waals surface area contributed by atoms with Crippen molar-refractivity contribution in [3.8, 4) is 0 Å². The molecule has 11 nitrogen and oxygen atoms in total. The van der Waals surface area contributed by atoms with Gasteiger partial charge in [-0.15, -0.1) is 0 Å². The number of carbonyl (C=O) groups excluding carboxylic acids is 1. The quantitative estimate of drug-likeness (QED) is 0.174. The van der Waals surface area contributed by atoms with Gasteiger partial charge in [0.1, 0.15) is 18.3 Å². The molecule has 2 aromatic rings. The van der Waals surface area contributed by atoms with Crippen molar-refractivity contribution in [1.29, 1.82) is 0 Å². The average Bonchev–Trinajstić information content (AvgIpc) is 2.67. The molecule has 1 unspecified atom stereocenters. The molecule has 2 rings (SSSR count). The Morgan fingerprint density at radius 3 is 2.45 bits per heavy atom. The molecule has 0 aliphatic heterocycles. The van der Waals surface area contributed by atoms with Crippen LogP contribution in [0.1, 0.15) is 18.2 Å². The number of nitrogens with one attached hydrogen (secondary N) is 1. The van der Waals surface area contributed by atoms with Crippen molar-refractivity contribution < 1.29 is 18.0 Å². The molecule has 0 radical (unpaired) electrons. The third-order valence-corrected chi connectivity index (χ3v) is 6.16. The third kappa shape index (κ3) is 6.03. The minimum absolute atomic E-state index is 0.0282. The van der Waals surface area contributed by atoms with Crippen LogP contribution >= 0.6 is 23.2 Å². The summed E-state index contributed by atoms with van der Waals surface area (Å²) >= 11 is 11.7. The maximum atomic E-state index is 13.0. The van der Waals surface area contributed by atoms with E-state index in [9.17, 15) is 18.0 Å². The van der Waals surface area contributed by atoms with Crippen LogP contribution in [0.15, 0.2) is 45.2 Å². The molecule has 1 aromatic carbocycles. The summed E-state index contributed by atoms with van der Waals surface area (Å²) in [5.74, 6) is -1.15. The number of guanidine groups is 1. The lowest BCUT2D eigenvalue weighted by molar-refractivity contribution is -0.121. The van der Waals surface area contributed by atoms with Gasteiger partial charge in [-0.2, -0.15) is 0 Å². The first-order chi connectivity index (χ1) is 14.4. The van der Waals surface area contributed by atoms with E-state index in [2.05, 4.69) is 9.88 Å². The Balaban J connectivity index is 2.40. The predicted molar refractivity (Wildman–Crippen MR) is 117 cm³/mol. The van der Waals surface area contributed by atoms with Crippen molar-refractivity contribution in [1.82, 2.24) is 4.57 Å². The number of anilines is 1. The van der Waals surface area contributed by atoms with E-state index in [-0.39, 0.29) is 39.6 Å². The van der Waals surface area contributed by atoms with Crippen LogP contribution in [0.25, 0.3) is 0 Å². The lowest BCUT2D eigenvalue weighted by atomic mass is 10.1. The second-order valence-corrected chi connectivity index (χ2v) is 8.80. The summed E-state index contributed by atoms with van der Waals surface area (Å²) in [6.45, 7) is 1.43. The van der Waals surface area contributed by atoms with Crippen molar-refractivity contribution >= 4 is 50.8 Å². The highest BCUT2D eigenvalue weighted by Gasteiger charge is 2.24. The number of benzene rings is 1. The fourth-order valence-corrected chi connectivity index (χ4v) is 4.09. The number of nitrogens with two attached hydrogens (primary N) is 3. The van der Waals surface area contributed by atoms with E-state index < -0.39 is 27.5 Å².